The van der Waals surface area contributed by atoms with Gasteiger partial charge in [-0.05, 0) is 37.1 Å². The van der Waals surface area contributed by atoms with Gasteiger partial charge in [-0.25, -0.2) is 9.37 Å². The fourth-order valence-electron chi connectivity index (χ4n) is 3.23. The smallest absolute Gasteiger partial charge is 0.251 e. The highest BCUT2D eigenvalue weighted by Crippen LogP contribution is 2.23. The van der Waals surface area contributed by atoms with E-state index >= 15 is 0 Å². The minimum absolute atomic E-state index is 0.170. The summed E-state index contributed by atoms with van der Waals surface area (Å²) in [5.41, 5.74) is 2.96. The molecule has 0 radical (unpaired) electrons. The zero-order valence-electron chi connectivity index (χ0n) is 13.3. The minimum atomic E-state index is -0.310. The summed E-state index contributed by atoms with van der Waals surface area (Å²) in [7, 11) is 0. The summed E-state index contributed by atoms with van der Waals surface area (Å²) >= 11 is 0. The van der Waals surface area contributed by atoms with Gasteiger partial charge in [0.1, 0.15) is 11.6 Å². The van der Waals surface area contributed by atoms with E-state index in [0.717, 1.165) is 29.8 Å². The molecule has 0 aliphatic carbocycles. The van der Waals surface area contributed by atoms with Gasteiger partial charge in [0.05, 0.1) is 11.0 Å². The zero-order valence-corrected chi connectivity index (χ0v) is 13.3. The van der Waals surface area contributed by atoms with E-state index in [4.69, 9.17) is 0 Å². The van der Waals surface area contributed by atoms with Gasteiger partial charge in [0.25, 0.3) is 5.91 Å². The normalized spacial score (nSPS) is 13.7. The molecule has 0 saturated carbocycles. The second-order valence-electron chi connectivity index (χ2n) is 6.11. The van der Waals surface area contributed by atoms with Gasteiger partial charge in [-0.3, -0.25) is 4.79 Å². The summed E-state index contributed by atoms with van der Waals surface area (Å²) in [5, 5.41) is 2.77. The molecule has 122 valence electrons. The first-order valence-electron chi connectivity index (χ1n) is 8.23. The number of carbonyl (C=O) groups is 1. The Morgan fingerprint density at radius 1 is 1.21 bits per heavy atom. The van der Waals surface area contributed by atoms with Crippen molar-refractivity contribution in [1.82, 2.24) is 14.9 Å². The number of halogens is 1. The third-order valence-electron chi connectivity index (χ3n) is 4.52. The predicted octanol–water partition coefficient (Wildman–Crippen LogP) is 3.44. The van der Waals surface area contributed by atoms with Crippen molar-refractivity contribution in [2.75, 3.05) is 0 Å². The molecular formula is C19H18FN3O. The maximum atomic E-state index is 13.6. The lowest BCUT2D eigenvalue weighted by Crippen LogP contribution is -2.23. The van der Waals surface area contributed by atoms with Gasteiger partial charge in [0.2, 0.25) is 0 Å². The van der Waals surface area contributed by atoms with Crippen LogP contribution in [0.3, 0.4) is 0 Å². The summed E-state index contributed by atoms with van der Waals surface area (Å²) in [6.07, 6.45) is 3.33. The lowest BCUT2D eigenvalue weighted by Gasteiger charge is -2.13. The number of rotatable bonds is 3. The number of hydrogen-bond acceptors (Lipinski definition) is 2. The number of carbonyl (C=O) groups excluding carboxylic acids is 1. The van der Waals surface area contributed by atoms with Crippen LogP contribution >= 0.6 is 0 Å². The third kappa shape index (κ3) is 2.66. The zero-order chi connectivity index (χ0) is 16.5. The Hall–Kier alpha value is -2.69. The molecule has 5 heteroatoms. The fourth-order valence-corrected chi connectivity index (χ4v) is 3.23. The minimum Gasteiger partial charge on any atom is -0.348 e. The molecule has 0 bridgehead atoms. The van der Waals surface area contributed by atoms with Crippen LogP contribution < -0.4 is 5.32 Å². The van der Waals surface area contributed by atoms with Crippen LogP contribution in [0.4, 0.5) is 4.39 Å². The first-order chi connectivity index (χ1) is 11.7. The molecule has 2 heterocycles. The summed E-state index contributed by atoms with van der Waals surface area (Å²) < 4.78 is 15.9. The summed E-state index contributed by atoms with van der Waals surface area (Å²) in [6, 6.07) is 12.0. The van der Waals surface area contributed by atoms with E-state index in [-0.39, 0.29) is 18.3 Å². The third-order valence-corrected chi connectivity index (χ3v) is 4.52. The molecule has 24 heavy (non-hydrogen) atoms. The van der Waals surface area contributed by atoms with Crippen LogP contribution in [0.5, 0.6) is 0 Å². The van der Waals surface area contributed by atoms with Crippen molar-refractivity contribution in [3.63, 3.8) is 0 Å². The number of benzene rings is 2. The quantitative estimate of drug-likeness (QED) is 0.802. The van der Waals surface area contributed by atoms with E-state index in [2.05, 4.69) is 14.9 Å². The van der Waals surface area contributed by atoms with Gasteiger partial charge >= 0.3 is 0 Å². The van der Waals surface area contributed by atoms with Crippen molar-refractivity contribution in [2.45, 2.75) is 32.4 Å². The number of amides is 1. The van der Waals surface area contributed by atoms with Crippen LogP contribution in [0, 0.1) is 5.82 Å². The van der Waals surface area contributed by atoms with Crippen molar-refractivity contribution >= 4 is 16.9 Å². The first-order valence-corrected chi connectivity index (χ1v) is 8.23. The van der Waals surface area contributed by atoms with Gasteiger partial charge in [-0.2, -0.15) is 0 Å². The van der Waals surface area contributed by atoms with E-state index in [1.165, 1.54) is 18.9 Å². The maximum absolute atomic E-state index is 13.6. The van der Waals surface area contributed by atoms with Crippen molar-refractivity contribution in [2.24, 2.45) is 0 Å². The molecule has 0 spiro atoms. The van der Waals surface area contributed by atoms with Gasteiger partial charge in [-0.15, -0.1) is 0 Å². The van der Waals surface area contributed by atoms with Gasteiger partial charge in [0, 0.05) is 30.6 Å². The second kappa shape index (κ2) is 6.07. The average Bonchev–Trinajstić information content (AvgIpc) is 2.98. The Morgan fingerprint density at radius 3 is 2.96 bits per heavy atom. The molecule has 0 fully saturated rings. The van der Waals surface area contributed by atoms with E-state index in [1.807, 2.05) is 18.2 Å². The molecule has 0 atom stereocenters. The van der Waals surface area contributed by atoms with Crippen molar-refractivity contribution in [1.29, 1.82) is 0 Å². The van der Waals surface area contributed by atoms with E-state index in [1.54, 1.807) is 18.2 Å². The molecular weight excluding hydrogens is 305 g/mol. The SMILES string of the molecule is O=C(NCc1ccccc1F)c1ccc2c(c1)nc1n2CCCC1. The Kier molecular flexibility index (Phi) is 3.76. The molecule has 1 N–H and O–H groups in total. The second-order valence-corrected chi connectivity index (χ2v) is 6.11. The monoisotopic (exact) mass is 323 g/mol. The van der Waals surface area contributed by atoms with E-state index in [9.17, 15) is 9.18 Å². The largest absolute Gasteiger partial charge is 0.348 e. The van der Waals surface area contributed by atoms with Crippen molar-refractivity contribution in [3.8, 4) is 0 Å². The van der Waals surface area contributed by atoms with Crippen LogP contribution in [0.15, 0.2) is 42.5 Å². The number of aryl methyl sites for hydroxylation is 2. The van der Waals surface area contributed by atoms with Crippen LogP contribution in [0.2, 0.25) is 0 Å². The maximum Gasteiger partial charge on any atom is 0.251 e. The molecule has 0 saturated heterocycles. The number of fused-ring (bicyclic) bond motifs is 3. The van der Waals surface area contributed by atoms with Crippen LogP contribution in [0.1, 0.15) is 34.6 Å². The average molecular weight is 323 g/mol. The van der Waals surface area contributed by atoms with Crippen molar-refractivity contribution in [3.05, 3.63) is 65.2 Å². The van der Waals surface area contributed by atoms with Gasteiger partial charge < -0.3 is 9.88 Å². The standard InChI is InChI=1S/C19H18FN3O/c20-15-6-2-1-5-14(15)12-21-19(24)13-8-9-17-16(11-13)22-18-7-3-4-10-23(17)18/h1-2,5-6,8-9,11H,3-4,7,10,12H2,(H,21,24). The van der Waals surface area contributed by atoms with Crippen LogP contribution in [-0.4, -0.2) is 15.5 Å². The number of hydrogen-bond donors (Lipinski definition) is 1. The molecule has 1 aliphatic rings. The number of imidazole rings is 1. The summed E-state index contributed by atoms with van der Waals surface area (Å²) in [5.74, 6) is 0.571. The molecule has 4 nitrogen and oxygen atoms in total. The lowest BCUT2D eigenvalue weighted by atomic mass is 10.1. The highest BCUT2D eigenvalue weighted by atomic mass is 19.1. The first kappa shape index (κ1) is 14.9. The van der Waals surface area contributed by atoms with E-state index in [0.29, 0.717) is 11.1 Å². The molecule has 1 aromatic heterocycles. The Labute approximate surface area is 139 Å². The summed E-state index contributed by atoms with van der Waals surface area (Å²) in [4.78, 5) is 17.0. The Balaban J connectivity index is 1.55. The Bertz CT molecular complexity index is 916. The lowest BCUT2D eigenvalue weighted by molar-refractivity contribution is 0.0950. The van der Waals surface area contributed by atoms with Crippen LogP contribution in [0.25, 0.3) is 11.0 Å². The molecule has 2 aromatic carbocycles. The molecule has 3 aromatic rings. The highest BCUT2D eigenvalue weighted by molar-refractivity contribution is 5.97. The van der Waals surface area contributed by atoms with Gasteiger partial charge in [0.15, 0.2) is 0 Å². The molecule has 1 aliphatic heterocycles. The molecule has 0 unspecified atom stereocenters. The molecule has 1 amide bonds. The van der Waals surface area contributed by atoms with Crippen molar-refractivity contribution < 1.29 is 9.18 Å². The van der Waals surface area contributed by atoms with E-state index < -0.39 is 0 Å². The Morgan fingerprint density at radius 2 is 2.08 bits per heavy atom. The van der Waals surface area contributed by atoms with Crippen LogP contribution in [-0.2, 0) is 19.5 Å². The highest BCUT2D eigenvalue weighted by Gasteiger charge is 2.16. The summed E-state index contributed by atoms with van der Waals surface area (Å²) in [6.45, 7) is 1.16. The number of nitrogens with one attached hydrogen (secondary N) is 1. The molecule has 4 rings (SSSR count). The predicted molar refractivity (Wildman–Crippen MR) is 90.2 cm³/mol. The topological polar surface area (TPSA) is 46.9 Å². The number of aromatic nitrogens is 2. The fraction of sp³-hybridized carbons (Fsp3) is 0.263. The van der Waals surface area contributed by atoms with Gasteiger partial charge in [-0.1, -0.05) is 18.2 Å². The number of nitrogens with zero attached hydrogens (tertiary/aromatic N) is 2.